The van der Waals surface area contributed by atoms with Gasteiger partial charge in [0.2, 0.25) is 0 Å². The summed E-state index contributed by atoms with van der Waals surface area (Å²) < 4.78 is 42.9. The maximum atomic E-state index is 13.5. The number of halogens is 4. The third-order valence-corrected chi connectivity index (χ3v) is 5.18. The lowest BCUT2D eigenvalue weighted by atomic mass is 10.1. The summed E-state index contributed by atoms with van der Waals surface area (Å²) in [6, 6.07) is 11.6. The summed E-state index contributed by atoms with van der Waals surface area (Å²) in [4.78, 5) is 0.546. The fourth-order valence-corrected chi connectivity index (χ4v) is 3.42. The van der Waals surface area contributed by atoms with E-state index in [0.29, 0.717) is 10.7 Å². The average Bonchev–Trinajstić information content (AvgIpc) is 2.95. The lowest BCUT2D eigenvalue weighted by molar-refractivity contribution is -0.137. The molecule has 2 aromatic carbocycles. The van der Waals surface area contributed by atoms with Gasteiger partial charge in [0.05, 0.1) is 5.56 Å². The second kappa shape index (κ2) is 6.84. The van der Waals surface area contributed by atoms with E-state index in [0.717, 1.165) is 16.1 Å². The topological polar surface area (TPSA) is 30.7 Å². The minimum atomic E-state index is -4.47. The van der Waals surface area contributed by atoms with Crippen molar-refractivity contribution in [1.29, 1.82) is 0 Å². The first kappa shape index (κ1) is 18.0. The summed E-state index contributed by atoms with van der Waals surface area (Å²) in [6.45, 7) is 0. The molecule has 3 rings (SSSR count). The average molecular weight is 428 g/mol. The molecule has 1 heterocycles. The smallest absolute Gasteiger partial charge is 0.310 e. The van der Waals surface area contributed by atoms with Crippen LogP contribution in [0.2, 0.25) is 0 Å². The predicted molar refractivity (Wildman–Crippen MR) is 96.4 cm³/mol. The molecule has 25 heavy (non-hydrogen) atoms. The van der Waals surface area contributed by atoms with Gasteiger partial charge in [0, 0.05) is 27.5 Å². The zero-order chi connectivity index (χ0) is 18.2. The normalized spacial score (nSPS) is 11.8. The molecular weight excluding hydrogens is 415 g/mol. The Morgan fingerprint density at radius 1 is 1.00 bits per heavy atom. The van der Waals surface area contributed by atoms with Crippen LogP contribution in [-0.4, -0.2) is 21.0 Å². The predicted octanol–water partition coefficient (Wildman–Crippen LogP) is 5.65. The van der Waals surface area contributed by atoms with Crippen LogP contribution in [0.4, 0.5) is 13.2 Å². The Morgan fingerprint density at radius 3 is 2.24 bits per heavy atom. The molecule has 0 N–H and O–H groups in total. The Kier molecular flexibility index (Phi) is 4.92. The Bertz CT molecular complexity index is 922. The first-order valence-corrected chi connectivity index (χ1v) is 9.24. The van der Waals surface area contributed by atoms with Crippen molar-refractivity contribution in [2.75, 3.05) is 6.26 Å². The van der Waals surface area contributed by atoms with Gasteiger partial charge < -0.3 is 4.57 Å². The van der Waals surface area contributed by atoms with Gasteiger partial charge in [-0.1, -0.05) is 34.1 Å². The van der Waals surface area contributed by atoms with Crippen molar-refractivity contribution in [3.05, 3.63) is 52.5 Å². The van der Waals surface area contributed by atoms with Crippen LogP contribution in [-0.2, 0) is 13.2 Å². The molecule has 3 nitrogen and oxygen atoms in total. The van der Waals surface area contributed by atoms with Crippen LogP contribution in [0.15, 0.2) is 51.8 Å². The summed E-state index contributed by atoms with van der Waals surface area (Å²) in [6.07, 6.45) is -2.73. The quantitative estimate of drug-likeness (QED) is 0.505. The maximum absolute atomic E-state index is 13.5. The standard InChI is InChI=1S/C17H13BrF3N3S/c1-24-15(22-23-16(24)12-5-3-4-6-14(12)18)11-8-7-10(25-2)9-13(11)17(19,20)21/h3-9H,1-2H3. The van der Waals surface area contributed by atoms with Gasteiger partial charge >= 0.3 is 6.18 Å². The Morgan fingerprint density at radius 2 is 1.64 bits per heavy atom. The molecule has 0 radical (unpaired) electrons. The maximum Gasteiger partial charge on any atom is 0.417 e. The van der Waals surface area contributed by atoms with E-state index in [1.807, 2.05) is 24.3 Å². The monoisotopic (exact) mass is 427 g/mol. The van der Waals surface area contributed by atoms with E-state index in [2.05, 4.69) is 26.1 Å². The Hall–Kier alpha value is -1.80. The van der Waals surface area contributed by atoms with Crippen molar-refractivity contribution in [2.45, 2.75) is 11.1 Å². The Labute approximate surface area is 155 Å². The van der Waals surface area contributed by atoms with E-state index in [1.54, 1.807) is 23.9 Å². The summed E-state index contributed by atoms with van der Waals surface area (Å²) in [5.74, 6) is 0.662. The summed E-state index contributed by atoms with van der Waals surface area (Å²) >= 11 is 4.70. The van der Waals surface area contributed by atoms with Gasteiger partial charge in [-0.05, 0) is 30.5 Å². The minimum Gasteiger partial charge on any atom is -0.310 e. The molecule has 8 heteroatoms. The first-order valence-electron chi connectivity index (χ1n) is 7.23. The molecule has 130 valence electrons. The van der Waals surface area contributed by atoms with Crippen molar-refractivity contribution in [2.24, 2.45) is 7.05 Å². The van der Waals surface area contributed by atoms with Gasteiger partial charge in [-0.2, -0.15) is 13.2 Å². The molecule has 0 aliphatic carbocycles. The third kappa shape index (κ3) is 3.46. The highest BCUT2D eigenvalue weighted by Crippen LogP contribution is 2.39. The first-order chi connectivity index (χ1) is 11.8. The van der Waals surface area contributed by atoms with Crippen LogP contribution in [0.25, 0.3) is 22.8 Å². The van der Waals surface area contributed by atoms with Crippen molar-refractivity contribution >= 4 is 27.7 Å². The van der Waals surface area contributed by atoms with Crippen LogP contribution in [0.3, 0.4) is 0 Å². The molecule has 0 saturated carbocycles. The second-order valence-corrected chi connectivity index (χ2v) is 7.03. The number of thioether (sulfide) groups is 1. The second-order valence-electron chi connectivity index (χ2n) is 5.30. The molecule has 0 atom stereocenters. The molecule has 0 fully saturated rings. The molecule has 0 bridgehead atoms. The molecular formula is C17H13BrF3N3S. The van der Waals surface area contributed by atoms with Crippen LogP contribution < -0.4 is 0 Å². The van der Waals surface area contributed by atoms with Crippen LogP contribution in [0.5, 0.6) is 0 Å². The zero-order valence-electron chi connectivity index (χ0n) is 13.3. The minimum absolute atomic E-state index is 0.0126. The van der Waals surface area contributed by atoms with E-state index in [4.69, 9.17) is 0 Å². The molecule has 0 spiro atoms. The van der Waals surface area contributed by atoms with Gasteiger partial charge in [-0.25, -0.2) is 0 Å². The zero-order valence-corrected chi connectivity index (χ0v) is 15.7. The highest BCUT2D eigenvalue weighted by atomic mass is 79.9. The highest BCUT2D eigenvalue weighted by Gasteiger charge is 2.35. The van der Waals surface area contributed by atoms with Crippen molar-refractivity contribution in [3.8, 4) is 22.8 Å². The molecule has 1 aromatic heterocycles. The molecule has 3 aromatic rings. The number of benzene rings is 2. The van der Waals surface area contributed by atoms with Gasteiger partial charge in [-0.15, -0.1) is 22.0 Å². The van der Waals surface area contributed by atoms with E-state index in [-0.39, 0.29) is 11.4 Å². The lowest BCUT2D eigenvalue weighted by Crippen LogP contribution is -2.09. The number of aromatic nitrogens is 3. The molecule has 0 aliphatic heterocycles. The van der Waals surface area contributed by atoms with Gasteiger partial charge in [0.25, 0.3) is 0 Å². The molecule has 0 amide bonds. The third-order valence-electron chi connectivity index (χ3n) is 3.76. The van der Waals surface area contributed by atoms with Crippen molar-refractivity contribution < 1.29 is 13.2 Å². The van der Waals surface area contributed by atoms with Crippen LogP contribution in [0, 0.1) is 0 Å². The van der Waals surface area contributed by atoms with Crippen LogP contribution in [0.1, 0.15) is 5.56 Å². The number of hydrogen-bond donors (Lipinski definition) is 0. The van der Waals surface area contributed by atoms with Crippen molar-refractivity contribution in [3.63, 3.8) is 0 Å². The summed E-state index contributed by atoms with van der Waals surface area (Å²) in [5, 5.41) is 8.12. The number of nitrogens with zero attached hydrogens (tertiary/aromatic N) is 3. The van der Waals surface area contributed by atoms with Crippen LogP contribution >= 0.6 is 27.7 Å². The van der Waals surface area contributed by atoms with E-state index in [9.17, 15) is 13.2 Å². The van der Waals surface area contributed by atoms with Gasteiger partial charge in [-0.3, -0.25) is 0 Å². The van der Waals surface area contributed by atoms with E-state index < -0.39 is 11.7 Å². The van der Waals surface area contributed by atoms with E-state index in [1.165, 1.54) is 17.8 Å². The number of hydrogen-bond acceptors (Lipinski definition) is 3. The van der Waals surface area contributed by atoms with Crippen molar-refractivity contribution in [1.82, 2.24) is 14.8 Å². The number of alkyl halides is 3. The van der Waals surface area contributed by atoms with Gasteiger partial charge in [0.15, 0.2) is 11.6 Å². The fourth-order valence-electron chi connectivity index (χ4n) is 2.52. The van der Waals surface area contributed by atoms with E-state index >= 15 is 0 Å². The molecule has 0 saturated heterocycles. The Balaban J connectivity index is 2.18. The highest BCUT2D eigenvalue weighted by molar-refractivity contribution is 9.10. The molecule has 0 aliphatic rings. The fraction of sp³-hybridized carbons (Fsp3) is 0.176. The largest absolute Gasteiger partial charge is 0.417 e. The SMILES string of the molecule is CSc1ccc(-c2nnc(-c3ccccc3Br)n2C)c(C(F)(F)F)c1. The molecule has 0 unspecified atom stereocenters. The number of rotatable bonds is 3. The summed E-state index contributed by atoms with van der Waals surface area (Å²) in [5.41, 5.74) is 0.0603. The summed E-state index contributed by atoms with van der Waals surface area (Å²) in [7, 11) is 1.66. The van der Waals surface area contributed by atoms with Gasteiger partial charge in [0.1, 0.15) is 0 Å². The lowest BCUT2D eigenvalue weighted by Gasteiger charge is -2.14.